The van der Waals surface area contributed by atoms with Crippen LogP contribution in [0.15, 0.2) is 72.8 Å². The highest BCUT2D eigenvalue weighted by Crippen LogP contribution is 2.70. The minimum Gasteiger partial charge on any atom is -0.117 e. The number of hydrogen-bond donors (Lipinski definition) is 0. The molecule has 0 aliphatic rings. The van der Waals surface area contributed by atoms with Crippen molar-refractivity contribution in [1.82, 2.24) is 0 Å². The van der Waals surface area contributed by atoms with E-state index in [1.807, 2.05) is 0 Å². The molecule has 1 unspecified atom stereocenters. The van der Waals surface area contributed by atoms with Gasteiger partial charge in [-0.05, 0) is 43.0 Å². The minimum atomic E-state index is -1.32. The molecule has 0 aliphatic carbocycles. The molecule has 0 aromatic heterocycles. The van der Waals surface area contributed by atoms with Crippen molar-refractivity contribution < 1.29 is 0 Å². The van der Waals surface area contributed by atoms with Crippen LogP contribution >= 0.6 is 7.14 Å². The summed E-state index contributed by atoms with van der Waals surface area (Å²) < 4.78 is 0.223. The number of hydrogen-bond acceptors (Lipinski definition) is 0. The average molecular weight is 404 g/mol. The highest BCUT2D eigenvalue weighted by molar-refractivity contribution is 8.04. The fourth-order valence-electron chi connectivity index (χ4n) is 4.87. The van der Waals surface area contributed by atoms with Crippen LogP contribution in [0.1, 0.15) is 27.8 Å². The van der Waals surface area contributed by atoms with E-state index in [4.69, 9.17) is 0 Å². The largest absolute Gasteiger partial charge is 0.133 e. The maximum atomic E-state index is 2.70. The average Bonchev–Trinajstić information content (AvgIpc) is 2.62. The lowest BCUT2D eigenvalue weighted by molar-refractivity contribution is 0.997. The third-order valence-electron chi connectivity index (χ3n) is 5.76. The smallest absolute Gasteiger partial charge is 0.117 e. The fraction of sp³-hybridized carbons (Fsp3) is 0.280. The van der Waals surface area contributed by atoms with Crippen LogP contribution in [-0.2, 0) is 4.78 Å². The monoisotopic (exact) mass is 404 g/mol. The molecule has 0 fully saturated rings. The van der Waals surface area contributed by atoms with Gasteiger partial charge < -0.3 is 0 Å². The lowest BCUT2D eigenvalue weighted by Gasteiger charge is -2.51. The maximum absolute atomic E-state index is 2.70. The predicted octanol–water partition coefficient (Wildman–Crippen LogP) is 5.13. The van der Waals surface area contributed by atoms with Crippen molar-refractivity contribution in [2.45, 2.75) is 38.6 Å². The summed E-state index contributed by atoms with van der Waals surface area (Å²) in [5.41, 5.74) is 7.56. The van der Waals surface area contributed by atoms with E-state index in [0.717, 1.165) is 0 Å². The Morgan fingerprint density at radius 2 is 1.14 bits per heavy atom. The first kappa shape index (κ1) is 21.1. The lowest BCUT2D eigenvalue weighted by atomic mass is 10.0. The summed E-state index contributed by atoms with van der Waals surface area (Å²) in [6, 6.07) is 27.8. The molecule has 0 saturated carbocycles. The van der Waals surface area contributed by atoms with Gasteiger partial charge in [-0.15, -0.1) is 7.14 Å². The van der Waals surface area contributed by atoms with Gasteiger partial charge in [0, 0.05) is 6.66 Å². The van der Waals surface area contributed by atoms with E-state index in [0.29, 0.717) is 0 Å². The van der Waals surface area contributed by atoms with Crippen molar-refractivity contribution in [3.05, 3.63) is 101 Å². The van der Waals surface area contributed by atoms with Crippen LogP contribution in [0.2, 0.25) is 13.1 Å². The van der Waals surface area contributed by atoms with Gasteiger partial charge in [0.25, 0.3) is 0 Å². The van der Waals surface area contributed by atoms with E-state index in [9.17, 15) is 0 Å². The van der Waals surface area contributed by atoms with Crippen molar-refractivity contribution in [2.75, 3.05) is 6.66 Å². The lowest BCUT2D eigenvalue weighted by Crippen LogP contribution is -2.46. The van der Waals surface area contributed by atoms with Gasteiger partial charge in [-0.3, -0.25) is 0 Å². The van der Waals surface area contributed by atoms with Crippen molar-refractivity contribution in [2.24, 2.45) is 0 Å². The molecule has 0 heterocycles. The first-order valence-electron chi connectivity index (χ1n) is 9.81. The van der Waals surface area contributed by atoms with Crippen LogP contribution in [0.25, 0.3) is 0 Å². The molecule has 0 spiro atoms. The highest BCUT2D eigenvalue weighted by Gasteiger charge is 2.53. The third-order valence-corrected chi connectivity index (χ3v) is 13.8. The first-order chi connectivity index (χ1) is 13.2. The van der Waals surface area contributed by atoms with E-state index in [1.54, 1.807) is 16.4 Å². The molecule has 0 nitrogen and oxygen atoms in total. The highest BCUT2D eigenvalue weighted by atomic mass is 31.2. The summed E-state index contributed by atoms with van der Waals surface area (Å²) in [5, 5.41) is 1.73. The van der Waals surface area contributed by atoms with Gasteiger partial charge in [-0.1, -0.05) is 91.5 Å². The second kappa shape index (κ2) is 8.01. The molecule has 0 saturated heterocycles. The summed E-state index contributed by atoms with van der Waals surface area (Å²) in [4.78, 5) is 0. The second-order valence-corrected chi connectivity index (χ2v) is 13.9. The first-order valence-corrected chi connectivity index (χ1v) is 14.5. The van der Waals surface area contributed by atoms with Gasteiger partial charge in [0.1, 0.15) is 7.57 Å². The Morgan fingerprint density at radius 3 is 1.50 bits per heavy atom. The predicted molar refractivity (Wildman–Crippen MR) is 136 cm³/mol. The molecular weight excluding hydrogens is 370 g/mol. The van der Waals surface area contributed by atoms with Crippen LogP contribution in [0, 0.1) is 20.8 Å². The van der Waals surface area contributed by atoms with Gasteiger partial charge in [-0.25, -0.2) is 0 Å². The SMILES string of the molecule is [BH3-][P+](C)(c1c(C)cc(C)cc1C)C(c1ccccc1)(c1ccccc1)[SiH](C)C. The number of benzene rings is 3. The Hall–Kier alpha value is -1.63. The zero-order chi connectivity index (χ0) is 20.5. The van der Waals surface area contributed by atoms with Crippen LogP contribution in [-0.4, -0.2) is 23.0 Å². The molecule has 3 aromatic carbocycles. The van der Waals surface area contributed by atoms with Crippen molar-refractivity contribution in [3.63, 3.8) is 0 Å². The van der Waals surface area contributed by atoms with Gasteiger partial charge in [0.2, 0.25) is 0 Å². The summed E-state index contributed by atoms with van der Waals surface area (Å²) in [6.45, 7) is 14.8. The van der Waals surface area contributed by atoms with E-state index in [2.05, 4.69) is 113 Å². The molecule has 3 heteroatoms. The van der Waals surface area contributed by atoms with Crippen molar-refractivity contribution in [1.29, 1.82) is 0 Å². The van der Waals surface area contributed by atoms with Gasteiger partial charge in [-0.2, -0.15) is 0 Å². The molecule has 0 aliphatic heterocycles. The standard InChI is InChI=1S/C25H34BPSi/c1-19-17-20(2)24(21(3)18-19)27(4,26)25(28(5)6,22-13-9-7-10-14-22)23-15-11-8-12-16-23/h7-18,28H,1-6,26H3. The van der Waals surface area contributed by atoms with E-state index >= 15 is 0 Å². The second-order valence-electron chi connectivity index (χ2n) is 7.96. The fourth-order valence-corrected chi connectivity index (χ4v) is 12.7. The molecular formula is C25H34BPSi. The zero-order valence-electron chi connectivity index (χ0n) is 17.5. The molecule has 146 valence electrons. The van der Waals surface area contributed by atoms with Gasteiger partial charge >= 0.3 is 0 Å². The summed E-state index contributed by atoms with van der Waals surface area (Å²) in [6.07, 6.45) is 0. The van der Waals surface area contributed by atoms with E-state index < -0.39 is 15.9 Å². The Morgan fingerprint density at radius 1 is 0.750 bits per heavy atom. The molecule has 0 bridgehead atoms. The Bertz CT molecular complexity index is 886. The van der Waals surface area contributed by atoms with Gasteiger partial charge in [0.15, 0.2) is 0 Å². The zero-order valence-corrected chi connectivity index (χ0v) is 19.5. The Balaban J connectivity index is 2.43. The number of rotatable bonds is 5. The Labute approximate surface area is 174 Å². The molecule has 3 aromatic rings. The van der Waals surface area contributed by atoms with Crippen LogP contribution < -0.4 is 5.30 Å². The quantitative estimate of drug-likeness (QED) is 0.408. The number of aryl methyl sites for hydroxylation is 3. The summed E-state index contributed by atoms with van der Waals surface area (Å²) >= 11 is 0. The molecule has 1 atom stereocenters. The van der Waals surface area contributed by atoms with Crippen LogP contribution in [0.3, 0.4) is 0 Å². The molecule has 0 radical (unpaired) electrons. The van der Waals surface area contributed by atoms with Crippen molar-refractivity contribution >= 4 is 28.8 Å². The molecule has 0 N–H and O–H groups in total. The van der Waals surface area contributed by atoms with Crippen LogP contribution in [0.5, 0.6) is 0 Å². The van der Waals surface area contributed by atoms with E-state index in [-0.39, 0.29) is 12.3 Å². The minimum absolute atomic E-state index is 0.0920. The third kappa shape index (κ3) is 3.31. The van der Waals surface area contributed by atoms with Crippen molar-refractivity contribution in [3.8, 4) is 0 Å². The van der Waals surface area contributed by atoms with Gasteiger partial charge in [0.05, 0.1) is 18.9 Å². The summed E-state index contributed by atoms with van der Waals surface area (Å²) in [5.74, 6) is 0. The molecule has 0 amide bonds. The topological polar surface area (TPSA) is 0 Å². The van der Waals surface area contributed by atoms with Crippen LogP contribution in [0.4, 0.5) is 0 Å². The Kier molecular flexibility index (Phi) is 6.03. The summed E-state index contributed by atoms with van der Waals surface area (Å²) in [7, 11) is -2.34. The van der Waals surface area contributed by atoms with E-state index in [1.165, 1.54) is 16.7 Å². The maximum Gasteiger partial charge on any atom is 0.133 e. The normalized spacial score (nSPS) is 14.1. The molecule has 28 heavy (non-hydrogen) atoms. The molecule has 3 rings (SSSR count).